The topological polar surface area (TPSA) is 102 Å². The molecule has 0 fully saturated rings. The monoisotopic (exact) mass is 257 g/mol. The number of amides is 1. The van der Waals surface area contributed by atoms with E-state index in [2.05, 4.69) is 10.3 Å². The molecule has 1 heterocycles. The van der Waals surface area contributed by atoms with Gasteiger partial charge in [-0.15, -0.1) is 0 Å². The molecule has 0 aromatic carbocycles. The highest BCUT2D eigenvalue weighted by molar-refractivity contribution is 7.90. The molecule has 0 aliphatic carbocycles. The van der Waals surface area contributed by atoms with Gasteiger partial charge in [-0.25, -0.2) is 8.42 Å². The molecule has 6 nitrogen and oxygen atoms in total. The number of rotatable bonds is 5. The summed E-state index contributed by atoms with van der Waals surface area (Å²) in [5, 5.41) is 2.48. The van der Waals surface area contributed by atoms with Gasteiger partial charge in [-0.05, 0) is 11.6 Å². The maximum Gasteiger partial charge on any atom is 0.269 e. The summed E-state index contributed by atoms with van der Waals surface area (Å²) in [4.78, 5) is 15.5. The van der Waals surface area contributed by atoms with Gasteiger partial charge in [-0.1, -0.05) is 6.07 Å². The Labute approximate surface area is 100 Å². The molecular formula is C10H15N3O3S. The summed E-state index contributed by atoms with van der Waals surface area (Å²) in [5.74, 6) is -0.475. The summed E-state index contributed by atoms with van der Waals surface area (Å²) in [6.07, 6.45) is 2.64. The van der Waals surface area contributed by atoms with Crippen LogP contribution in [0.1, 0.15) is 16.1 Å². The molecular weight excluding hydrogens is 242 g/mol. The van der Waals surface area contributed by atoms with Gasteiger partial charge in [0.1, 0.15) is 15.5 Å². The zero-order valence-corrected chi connectivity index (χ0v) is 10.3. The number of hydrogen-bond donors (Lipinski definition) is 2. The highest BCUT2D eigenvalue weighted by Gasteiger charge is 2.08. The number of carbonyl (C=O) groups is 1. The van der Waals surface area contributed by atoms with Gasteiger partial charge in [0.15, 0.2) is 0 Å². The van der Waals surface area contributed by atoms with Crippen LogP contribution < -0.4 is 11.1 Å². The number of pyridine rings is 1. The molecule has 1 aromatic heterocycles. The highest BCUT2D eigenvalue weighted by atomic mass is 32.2. The second-order valence-corrected chi connectivity index (χ2v) is 5.90. The fourth-order valence-electron chi connectivity index (χ4n) is 1.12. The second kappa shape index (κ2) is 5.74. The molecule has 3 N–H and O–H groups in total. The molecule has 0 radical (unpaired) electrons. The van der Waals surface area contributed by atoms with Crippen LogP contribution in [0.5, 0.6) is 0 Å². The Kier molecular flexibility index (Phi) is 4.59. The van der Waals surface area contributed by atoms with Crippen molar-refractivity contribution < 1.29 is 13.2 Å². The van der Waals surface area contributed by atoms with E-state index in [4.69, 9.17) is 5.73 Å². The van der Waals surface area contributed by atoms with Crippen LogP contribution in [0.2, 0.25) is 0 Å². The first-order valence-electron chi connectivity index (χ1n) is 5.03. The van der Waals surface area contributed by atoms with E-state index in [9.17, 15) is 13.2 Å². The minimum atomic E-state index is -3.06. The first-order valence-corrected chi connectivity index (χ1v) is 7.09. The number of nitrogens with one attached hydrogen (secondary N) is 1. The number of nitrogens with two attached hydrogens (primary N) is 1. The van der Waals surface area contributed by atoms with E-state index in [-0.39, 0.29) is 18.0 Å². The molecule has 0 atom stereocenters. The Balaban J connectivity index is 2.52. The first kappa shape index (κ1) is 13.6. The molecule has 17 heavy (non-hydrogen) atoms. The molecule has 0 saturated carbocycles. The summed E-state index contributed by atoms with van der Waals surface area (Å²) < 4.78 is 21.7. The Morgan fingerprint density at radius 1 is 1.47 bits per heavy atom. The van der Waals surface area contributed by atoms with Crippen molar-refractivity contribution in [1.82, 2.24) is 10.3 Å². The van der Waals surface area contributed by atoms with Gasteiger partial charge in [0.25, 0.3) is 5.91 Å². The van der Waals surface area contributed by atoms with E-state index in [0.717, 1.165) is 11.8 Å². The Hall–Kier alpha value is -1.47. The number of aromatic nitrogens is 1. The molecule has 0 bridgehead atoms. The quantitative estimate of drug-likeness (QED) is 0.727. The fourth-order valence-corrected chi connectivity index (χ4v) is 1.59. The van der Waals surface area contributed by atoms with Gasteiger partial charge < -0.3 is 11.1 Å². The first-order chi connectivity index (χ1) is 7.92. The molecule has 0 unspecified atom stereocenters. The van der Waals surface area contributed by atoms with Gasteiger partial charge in [-0.3, -0.25) is 9.78 Å². The molecule has 7 heteroatoms. The molecule has 0 spiro atoms. The fraction of sp³-hybridized carbons (Fsp3) is 0.400. The van der Waals surface area contributed by atoms with E-state index >= 15 is 0 Å². The van der Waals surface area contributed by atoms with Crippen LogP contribution >= 0.6 is 0 Å². The van der Waals surface area contributed by atoms with Crippen LogP contribution in [0.25, 0.3) is 0 Å². The zero-order chi connectivity index (χ0) is 12.9. The number of sulfone groups is 1. The predicted octanol–water partition coefficient (Wildman–Crippen LogP) is -0.685. The Morgan fingerprint density at radius 3 is 2.65 bits per heavy atom. The van der Waals surface area contributed by atoms with Crippen molar-refractivity contribution >= 4 is 15.7 Å². The Bertz CT molecular complexity index is 482. The second-order valence-electron chi connectivity index (χ2n) is 3.64. The molecule has 0 aliphatic rings. The number of carbonyl (C=O) groups excluding carboxylic acids is 1. The van der Waals surface area contributed by atoms with Crippen LogP contribution in [0.15, 0.2) is 18.3 Å². The minimum absolute atomic E-state index is 0.0813. The van der Waals surface area contributed by atoms with E-state index in [0.29, 0.717) is 6.54 Å². The lowest BCUT2D eigenvalue weighted by molar-refractivity contribution is 0.0951. The maximum atomic E-state index is 11.5. The molecule has 1 rings (SSSR count). The van der Waals surface area contributed by atoms with Crippen LogP contribution in [0.3, 0.4) is 0 Å². The van der Waals surface area contributed by atoms with Gasteiger partial charge in [0.2, 0.25) is 0 Å². The lowest BCUT2D eigenvalue weighted by atomic mass is 10.2. The summed E-state index contributed by atoms with van der Waals surface area (Å²) in [7, 11) is -3.06. The number of nitrogens with zero attached hydrogens (tertiary/aromatic N) is 1. The normalized spacial score (nSPS) is 11.2. The van der Waals surface area contributed by atoms with Crippen LogP contribution in [-0.4, -0.2) is 37.9 Å². The lowest BCUT2D eigenvalue weighted by Crippen LogP contribution is -2.29. The van der Waals surface area contributed by atoms with Crippen molar-refractivity contribution in [2.75, 3.05) is 18.6 Å². The lowest BCUT2D eigenvalue weighted by Gasteiger charge is -2.04. The van der Waals surface area contributed by atoms with Gasteiger partial charge in [0, 0.05) is 25.5 Å². The number of hydrogen-bond acceptors (Lipinski definition) is 5. The average Bonchev–Trinajstić information content (AvgIpc) is 2.27. The third-order valence-electron chi connectivity index (χ3n) is 2.05. The van der Waals surface area contributed by atoms with Crippen molar-refractivity contribution in [3.63, 3.8) is 0 Å². The van der Waals surface area contributed by atoms with E-state index in [1.54, 1.807) is 12.1 Å². The molecule has 1 aromatic rings. The van der Waals surface area contributed by atoms with Gasteiger partial charge in [-0.2, -0.15) is 0 Å². The SMILES string of the molecule is CS(=O)(=O)CCNC(=O)c1ccc(CN)cn1. The summed E-state index contributed by atoms with van der Waals surface area (Å²) in [5.41, 5.74) is 6.47. The summed E-state index contributed by atoms with van der Waals surface area (Å²) >= 11 is 0. The largest absolute Gasteiger partial charge is 0.350 e. The van der Waals surface area contributed by atoms with Crippen molar-refractivity contribution in [1.29, 1.82) is 0 Å². The highest BCUT2D eigenvalue weighted by Crippen LogP contribution is 1.99. The zero-order valence-electron chi connectivity index (χ0n) is 9.51. The molecule has 94 valence electrons. The third kappa shape index (κ3) is 4.92. The van der Waals surface area contributed by atoms with Gasteiger partial charge in [0.05, 0.1) is 5.75 Å². The maximum absolute atomic E-state index is 11.5. The Morgan fingerprint density at radius 2 is 2.18 bits per heavy atom. The van der Waals surface area contributed by atoms with Crippen molar-refractivity contribution in [2.45, 2.75) is 6.54 Å². The van der Waals surface area contributed by atoms with Crippen LogP contribution in [-0.2, 0) is 16.4 Å². The van der Waals surface area contributed by atoms with Gasteiger partial charge >= 0.3 is 0 Å². The smallest absolute Gasteiger partial charge is 0.269 e. The molecule has 1 amide bonds. The predicted molar refractivity (Wildman–Crippen MR) is 64.2 cm³/mol. The molecule has 0 saturated heterocycles. The van der Waals surface area contributed by atoms with Crippen LogP contribution in [0, 0.1) is 0 Å². The molecule has 0 aliphatic heterocycles. The van der Waals surface area contributed by atoms with E-state index in [1.165, 1.54) is 6.20 Å². The van der Waals surface area contributed by atoms with Crippen LogP contribution in [0.4, 0.5) is 0 Å². The third-order valence-corrected chi connectivity index (χ3v) is 3.00. The van der Waals surface area contributed by atoms with Crippen molar-refractivity contribution in [3.8, 4) is 0 Å². The van der Waals surface area contributed by atoms with E-state index < -0.39 is 15.7 Å². The van der Waals surface area contributed by atoms with Crippen molar-refractivity contribution in [2.24, 2.45) is 5.73 Å². The average molecular weight is 257 g/mol. The van der Waals surface area contributed by atoms with Crippen molar-refractivity contribution in [3.05, 3.63) is 29.6 Å². The minimum Gasteiger partial charge on any atom is -0.350 e. The summed E-state index contributed by atoms with van der Waals surface area (Å²) in [6.45, 7) is 0.445. The van der Waals surface area contributed by atoms with E-state index in [1.807, 2.05) is 0 Å². The standard InChI is InChI=1S/C10H15N3O3S/c1-17(15,16)5-4-12-10(14)9-3-2-8(6-11)7-13-9/h2-3,7H,4-6,11H2,1H3,(H,12,14). The summed E-state index contributed by atoms with van der Waals surface area (Å²) in [6, 6.07) is 3.26.